The summed E-state index contributed by atoms with van der Waals surface area (Å²) in [4.78, 5) is 16.8. The SMILES string of the molecule is CN(Cc1ccc(OC(F)F)cc1)c1nc2ccc([N+](=O)[O-])cc2s1. The lowest BCUT2D eigenvalue weighted by Crippen LogP contribution is -2.15. The highest BCUT2D eigenvalue weighted by Gasteiger charge is 2.13. The molecule has 9 heteroatoms. The lowest BCUT2D eigenvalue weighted by Gasteiger charge is -2.15. The third kappa shape index (κ3) is 4.00. The summed E-state index contributed by atoms with van der Waals surface area (Å²) >= 11 is 1.35. The maximum absolute atomic E-state index is 12.2. The Morgan fingerprint density at radius 3 is 2.64 bits per heavy atom. The molecule has 0 unspecified atom stereocenters. The number of aromatic nitrogens is 1. The predicted octanol–water partition coefficient (Wildman–Crippen LogP) is 4.44. The Bertz CT molecular complexity index is 899. The maximum atomic E-state index is 12.2. The highest BCUT2D eigenvalue weighted by molar-refractivity contribution is 7.22. The molecule has 0 saturated carbocycles. The molecule has 130 valence electrons. The van der Waals surface area contributed by atoms with E-state index in [4.69, 9.17) is 0 Å². The second-order valence-electron chi connectivity index (χ2n) is 5.28. The van der Waals surface area contributed by atoms with Crippen LogP contribution in [-0.4, -0.2) is 23.6 Å². The van der Waals surface area contributed by atoms with Gasteiger partial charge < -0.3 is 9.64 Å². The standard InChI is InChI=1S/C16H13F2N3O3S/c1-20(9-10-2-5-12(6-3-10)24-15(17)18)16-19-13-7-4-11(21(22)23)8-14(13)25-16/h2-8,15H,9H2,1H3. The molecule has 0 N–H and O–H groups in total. The van der Waals surface area contributed by atoms with E-state index in [0.717, 1.165) is 10.3 Å². The molecule has 0 aliphatic carbocycles. The van der Waals surface area contributed by atoms with Gasteiger partial charge in [0.2, 0.25) is 0 Å². The van der Waals surface area contributed by atoms with E-state index in [0.29, 0.717) is 17.2 Å². The van der Waals surface area contributed by atoms with Crippen LogP contribution in [0.4, 0.5) is 19.6 Å². The van der Waals surface area contributed by atoms with Gasteiger partial charge in [0.25, 0.3) is 5.69 Å². The second-order valence-corrected chi connectivity index (χ2v) is 6.29. The number of nitrogens with zero attached hydrogens (tertiary/aromatic N) is 3. The number of alkyl halides is 2. The smallest absolute Gasteiger partial charge is 0.387 e. The fraction of sp³-hybridized carbons (Fsp3) is 0.188. The van der Waals surface area contributed by atoms with Crippen molar-refractivity contribution >= 4 is 32.4 Å². The summed E-state index contributed by atoms with van der Waals surface area (Å²) in [7, 11) is 1.84. The van der Waals surface area contributed by atoms with Crippen LogP contribution in [0.3, 0.4) is 0 Å². The highest BCUT2D eigenvalue weighted by atomic mass is 32.1. The van der Waals surface area contributed by atoms with Gasteiger partial charge in [0, 0.05) is 25.7 Å². The Hall–Kier alpha value is -2.81. The summed E-state index contributed by atoms with van der Waals surface area (Å²) in [6.45, 7) is -2.34. The van der Waals surface area contributed by atoms with Crippen molar-refractivity contribution in [3.05, 3.63) is 58.1 Å². The van der Waals surface area contributed by atoms with Crippen LogP contribution < -0.4 is 9.64 Å². The molecule has 3 aromatic rings. The van der Waals surface area contributed by atoms with E-state index in [2.05, 4.69) is 9.72 Å². The van der Waals surface area contributed by atoms with E-state index in [1.54, 1.807) is 18.2 Å². The molecule has 0 spiro atoms. The first-order valence-electron chi connectivity index (χ1n) is 7.22. The summed E-state index contributed by atoms with van der Waals surface area (Å²) in [5.74, 6) is 0.105. The van der Waals surface area contributed by atoms with Gasteiger partial charge in [-0.3, -0.25) is 10.1 Å². The Kier molecular flexibility index (Phi) is 4.75. The molecule has 0 fully saturated rings. The maximum Gasteiger partial charge on any atom is 0.387 e. The van der Waals surface area contributed by atoms with Gasteiger partial charge >= 0.3 is 6.61 Å². The molecular formula is C16H13F2N3O3S. The minimum Gasteiger partial charge on any atom is -0.435 e. The number of nitro benzene ring substituents is 1. The van der Waals surface area contributed by atoms with E-state index in [9.17, 15) is 18.9 Å². The Labute approximate surface area is 145 Å². The fourth-order valence-electron chi connectivity index (χ4n) is 2.30. The van der Waals surface area contributed by atoms with Gasteiger partial charge in [0.15, 0.2) is 5.13 Å². The lowest BCUT2D eigenvalue weighted by atomic mass is 10.2. The minimum absolute atomic E-state index is 0.0278. The van der Waals surface area contributed by atoms with Crippen LogP contribution in [0.2, 0.25) is 0 Å². The molecule has 2 aromatic carbocycles. The molecule has 0 atom stereocenters. The third-order valence-corrected chi connectivity index (χ3v) is 4.60. The number of halogens is 2. The summed E-state index contributed by atoms with van der Waals surface area (Å²) in [6, 6.07) is 10.9. The molecule has 0 aliphatic heterocycles. The van der Waals surface area contributed by atoms with E-state index >= 15 is 0 Å². The molecule has 0 bridgehead atoms. The largest absolute Gasteiger partial charge is 0.435 e. The van der Waals surface area contributed by atoms with Crippen LogP contribution in [0.15, 0.2) is 42.5 Å². The van der Waals surface area contributed by atoms with Gasteiger partial charge in [-0.25, -0.2) is 4.98 Å². The van der Waals surface area contributed by atoms with Crippen LogP contribution in [0.1, 0.15) is 5.56 Å². The molecule has 6 nitrogen and oxygen atoms in total. The number of rotatable bonds is 6. The number of ether oxygens (including phenoxy) is 1. The van der Waals surface area contributed by atoms with Crippen molar-refractivity contribution in [2.24, 2.45) is 0 Å². The Morgan fingerprint density at radius 1 is 1.28 bits per heavy atom. The van der Waals surface area contributed by atoms with Crippen molar-refractivity contribution in [1.82, 2.24) is 4.98 Å². The Morgan fingerprint density at radius 2 is 2.00 bits per heavy atom. The number of hydrogen-bond acceptors (Lipinski definition) is 6. The third-order valence-electron chi connectivity index (χ3n) is 3.47. The van der Waals surface area contributed by atoms with Crippen molar-refractivity contribution in [3.8, 4) is 5.75 Å². The van der Waals surface area contributed by atoms with Crippen molar-refractivity contribution in [1.29, 1.82) is 0 Å². The molecule has 0 aliphatic rings. The number of fused-ring (bicyclic) bond motifs is 1. The van der Waals surface area contributed by atoms with Gasteiger partial charge in [0.1, 0.15) is 5.75 Å². The minimum atomic E-state index is -2.85. The molecule has 0 saturated heterocycles. The van der Waals surface area contributed by atoms with Crippen LogP contribution in [0.25, 0.3) is 10.2 Å². The fourth-order valence-corrected chi connectivity index (χ4v) is 3.25. The zero-order valence-corrected chi connectivity index (χ0v) is 13.9. The number of non-ortho nitro benzene ring substituents is 1. The van der Waals surface area contributed by atoms with Gasteiger partial charge in [-0.05, 0) is 23.8 Å². The number of nitro groups is 1. The number of anilines is 1. The van der Waals surface area contributed by atoms with Gasteiger partial charge in [-0.15, -0.1) is 0 Å². The summed E-state index contributed by atoms with van der Waals surface area (Å²) < 4.78 is 29.4. The van der Waals surface area contributed by atoms with Crippen molar-refractivity contribution in [2.75, 3.05) is 11.9 Å². The predicted molar refractivity (Wildman–Crippen MR) is 91.5 cm³/mol. The molecular weight excluding hydrogens is 352 g/mol. The molecule has 0 amide bonds. The average Bonchev–Trinajstić information content (AvgIpc) is 2.99. The first kappa shape index (κ1) is 17.0. The summed E-state index contributed by atoms with van der Waals surface area (Å²) in [6.07, 6.45) is 0. The van der Waals surface area contributed by atoms with Crippen molar-refractivity contribution < 1.29 is 18.4 Å². The first-order valence-corrected chi connectivity index (χ1v) is 8.04. The van der Waals surface area contributed by atoms with Gasteiger partial charge in [0.05, 0.1) is 15.1 Å². The number of hydrogen-bond donors (Lipinski definition) is 0. The van der Waals surface area contributed by atoms with Crippen molar-refractivity contribution in [2.45, 2.75) is 13.2 Å². The first-order chi connectivity index (χ1) is 11.9. The molecule has 25 heavy (non-hydrogen) atoms. The van der Waals surface area contributed by atoms with E-state index in [1.165, 1.54) is 35.6 Å². The molecule has 1 aromatic heterocycles. The van der Waals surface area contributed by atoms with Crippen LogP contribution >= 0.6 is 11.3 Å². The van der Waals surface area contributed by atoms with Gasteiger partial charge in [-0.2, -0.15) is 8.78 Å². The van der Waals surface area contributed by atoms with E-state index < -0.39 is 11.5 Å². The van der Waals surface area contributed by atoms with Crippen molar-refractivity contribution in [3.63, 3.8) is 0 Å². The summed E-state index contributed by atoms with van der Waals surface area (Å²) in [5, 5.41) is 11.6. The summed E-state index contributed by atoms with van der Waals surface area (Å²) in [5.41, 5.74) is 1.62. The number of benzene rings is 2. The topological polar surface area (TPSA) is 68.5 Å². The van der Waals surface area contributed by atoms with Crippen LogP contribution in [0, 0.1) is 10.1 Å². The highest BCUT2D eigenvalue weighted by Crippen LogP contribution is 2.31. The molecule has 1 heterocycles. The zero-order valence-electron chi connectivity index (χ0n) is 13.1. The van der Waals surface area contributed by atoms with Crippen LogP contribution in [0.5, 0.6) is 5.75 Å². The zero-order chi connectivity index (χ0) is 18.0. The van der Waals surface area contributed by atoms with E-state index in [1.807, 2.05) is 11.9 Å². The normalized spacial score (nSPS) is 11.0. The number of thiazole rings is 1. The average molecular weight is 365 g/mol. The second kappa shape index (κ2) is 6.98. The Balaban J connectivity index is 1.75. The van der Waals surface area contributed by atoms with Crippen LogP contribution in [-0.2, 0) is 6.54 Å². The monoisotopic (exact) mass is 365 g/mol. The lowest BCUT2D eigenvalue weighted by molar-refractivity contribution is -0.384. The van der Waals surface area contributed by atoms with E-state index in [-0.39, 0.29) is 11.4 Å². The van der Waals surface area contributed by atoms with Gasteiger partial charge in [-0.1, -0.05) is 23.5 Å². The molecule has 3 rings (SSSR count). The quantitative estimate of drug-likeness (QED) is 0.477. The molecule has 0 radical (unpaired) electrons.